The zero-order valence-electron chi connectivity index (χ0n) is 19.3. The molecule has 1 aromatic heterocycles. The van der Waals surface area contributed by atoms with Gasteiger partial charge in [0.2, 0.25) is 21.8 Å². The fourth-order valence-corrected chi connectivity index (χ4v) is 4.23. The summed E-state index contributed by atoms with van der Waals surface area (Å²) in [5.74, 6) is -1.68. The maximum atomic E-state index is 13.0. The van der Waals surface area contributed by atoms with Gasteiger partial charge in [0.25, 0.3) is 0 Å². The maximum absolute atomic E-state index is 13.0. The highest BCUT2D eigenvalue weighted by Crippen LogP contribution is 2.35. The molecule has 32 heavy (non-hydrogen) atoms. The highest BCUT2D eigenvalue weighted by Gasteiger charge is 2.27. The standard InChI is InChI=1S/C21H30N4O6S/c1-11(2)19(26)22-15-8-9-16(17(10-15)32(29,30)24-12(3)4)31-20-14(7)18(21(27)28)23-25(20)13(5)6/h8-13,24H,1-7H3,(H,22,26)(H,27,28). The Bertz CT molecular complexity index is 1120. The van der Waals surface area contributed by atoms with Gasteiger partial charge in [-0.05, 0) is 52.8 Å². The van der Waals surface area contributed by atoms with E-state index in [0.29, 0.717) is 5.69 Å². The first-order valence-electron chi connectivity index (χ1n) is 10.2. The van der Waals surface area contributed by atoms with Crippen LogP contribution in [-0.2, 0) is 14.8 Å². The Labute approximate surface area is 188 Å². The number of anilines is 1. The van der Waals surface area contributed by atoms with E-state index in [1.165, 1.54) is 22.9 Å². The Morgan fingerprint density at radius 2 is 1.75 bits per heavy atom. The largest absolute Gasteiger partial charge is 0.476 e. The van der Waals surface area contributed by atoms with Crippen LogP contribution in [0.5, 0.6) is 11.6 Å². The molecule has 10 nitrogen and oxygen atoms in total. The van der Waals surface area contributed by atoms with E-state index < -0.39 is 16.0 Å². The van der Waals surface area contributed by atoms with Crippen LogP contribution in [0.15, 0.2) is 23.1 Å². The van der Waals surface area contributed by atoms with Crippen molar-refractivity contribution in [2.45, 2.75) is 65.4 Å². The molecule has 0 bridgehead atoms. The van der Waals surface area contributed by atoms with Gasteiger partial charge in [-0.3, -0.25) is 4.79 Å². The summed E-state index contributed by atoms with van der Waals surface area (Å²) in [4.78, 5) is 23.4. The van der Waals surface area contributed by atoms with E-state index in [9.17, 15) is 23.1 Å². The van der Waals surface area contributed by atoms with Crippen LogP contribution in [-0.4, -0.2) is 41.2 Å². The molecule has 0 spiro atoms. The zero-order chi connectivity index (χ0) is 24.4. The van der Waals surface area contributed by atoms with Crippen molar-refractivity contribution in [1.29, 1.82) is 0 Å². The second kappa shape index (κ2) is 9.70. The molecule has 1 amide bonds. The summed E-state index contributed by atoms with van der Waals surface area (Å²) in [5, 5.41) is 16.2. The van der Waals surface area contributed by atoms with E-state index in [1.54, 1.807) is 48.5 Å². The molecule has 1 aromatic carbocycles. The average molecular weight is 467 g/mol. The van der Waals surface area contributed by atoms with Crippen LogP contribution in [0.2, 0.25) is 0 Å². The molecule has 2 aromatic rings. The first-order valence-corrected chi connectivity index (χ1v) is 11.7. The molecule has 0 saturated heterocycles. The van der Waals surface area contributed by atoms with E-state index in [0.717, 1.165) is 0 Å². The van der Waals surface area contributed by atoms with Crippen molar-refractivity contribution in [3.8, 4) is 11.6 Å². The van der Waals surface area contributed by atoms with Gasteiger partial charge in [-0.25, -0.2) is 22.6 Å². The Morgan fingerprint density at radius 3 is 2.25 bits per heavy atom. The third kappa shape index (κ3) is 5.65. The summed E-state index contributed by atoms with van der Waals surface area (Å²) < 4.78 is 35.9. The number of amides is 1. The van der Waals surface area contributed by atoms with Crippen molar-refractivity contribution in [2.24, 2.45) is 5.92 Å². The molecule has 0 aliphatic carbocycles. The summed E-state index contributed by atoms with van der Waals surface area (Å²) in [6, 6.07) is 3.62. The number of benzene rings is 1. The van der Waals surface area contributed by atoms with Gasteiger partial charge in [0.1, 0.15) is 10.6 Å². The average Bonchev–Trinajstić information content (AvgIpc) is 2.98. The lowest BCUT2D eigenvalue weighted by molar-refractivity contribution is -0.118. The smallest absolute Gasteiger partial charge is 0.356 e. The van der Waals surface area contributed by atoms with Crippen LogP contribution >= 0.6 is 0 Å². The van der Waals surface area contributed by atoms with Gasteiger partial charge in [0.05, 0.1) is 6.04 Å². The number of hydrogen-bond acceptors (Lipinski definition) is 6. The molecule has 3 N–H and O–H groups in total. The lowest BCUT2D eigenvalue weighted by Gasteiger charge is -2.18. The number of carbonyl (C=O) groups is 2. The minimum atomic E-state index is -4.02. The minimum absolute atomic E-state index is 0.0254. The normalized spacial score (nSPS) is 11.9. The molecule has 2 rings (SSSR count). The number of aromatic carboxylic acids is 1. The molecular weight excluding hydrogens is 436 g/mol. The topological polar surface area (TPSA) is 140 Å². The van der Waals surface area contributed by atoms with Gasteiger partial charge >= 0.3 is 5.97 Å². The number of carboxylic acid groups (broad SMARTS) is 1. The Hall–Kier alpha value is -2.92. The fraction of sp³-hybridized carbons (Fsp3) is 0.476. The molecule has 0 aliphatic rings. The van der Waals surface area contributed by atoms with Crippen molar-refractivity contribution >= 4 is 27.6 Å². The quantitative estimate of drug-likeness (QED) is 0.513. The third-order valence-corrected chi connectivity index (χ3v) is 6.09. The third-order valence-electron chi connectivity index (χ3n) is 4.41. The summed E-state index contributed by atoms with van der Waals surface area (Å²) in [6.45, 7) is 11.9. The van der Waals surface area contributed by atoms with Gasteiger partial charge in [0.15, 0.2) is 5.69 Å². The number of aromatic nitrogens is 2. The number of nitrogens with zero attached hydrogens (tertiary/aromatic N) is 2. The predicted octanol–water partition coefficient (Wildman–Crippen LogP) is 3.54. The molecule has 0 atom stereocenters. The highest BCUT2D eigenvalue weighted by atomic mass is 32.2. The maximum Gasteiger partial charge on any atom is 0.356 e. The van der Waals surface area contributed by atoms with Crippen molar-refractivity contribution in [2.75, 3.05) is 5.32 Å². The second-order valence-corrected chi connectivity index (χ2v) is 9.99. The van der Waals surface area contributed by atoms with Gasteiger partial charge < -0.3 is 15.2 Å². The predicted molar refractivity (Wildman–Crippen MR) is 120 cm³/mol. The van der Waals surface area contributed by atoms with Crippen molar-refractivity contribution < 1.29 is 27.9 Å². The minimum Gasteiger partial charge on any atom is -0.476 e. The molecular formula is C21H30N4O6S. The second-order valence-electron chi connectivity index (χ2n) is 8.31. The molecule has 0 radical (unpaired) electrons. The summed E-state index contributed by atoms with van der Waals surface area (Å²) >= 11 is 0. The first kappa shape index (κ1) is 25.3. The van der Waals surface area contributed by atoms with Crippen LogP contribution in [0.25, 0.3) is 0 Å². The van der Waals surface area contributed by atoms with E-state index >= 15 is 0 Å². The molecule has 0 saturated carbocycles. The number of carboxylic acids is 1. The van der Waals surface area contributed by atoms with Crippen LogP contribution in [0.1, 0.15) is 63.6 Å². The van der Waals surface area contributed by atoms with Crippen LogP contribution in [0.4, 0.5) is 5.69 Å². The van der Waals surface area contributed by atoms with Crippen molar-refractivity contribution in [3.63, 3.8) is 0 Å². The Kier molecular flexibility index (Phi) is 7.68. The SMILES string of the molecule is Cc1c(C(=O)O)nn(C(C)C)c1Oc1ccc(NC(=O)C(C)C)cc1S(=O)(=O)NC(C)C. The van der Waals surface area contributed by atoms with E-state index in [-0.39, 0.29) is 51.7 Å². The number of rotatable bonds is 9. The van der Waals surface area contributed by atoms with Gasteiger partial charge in [-0.1, -0.05) is 13.8 Å². The monoisotopic (exact) mass is 466 g/mol. The van der Waals surface area contributed by atoms with E-state index in [2.05, 4.69) is 15.1 Å². The molecule has 0 fully saturated rings. The van der Waals surface area contributed by atoms with Gasteiger partial charge in [0, 0.05) is 23.2 Å². The lowest BCUT2D eigenvalue weighted by Crippen LogP contribution is -2.30. The van der Waals surface area contributed by atoms with Crippen LogP contribution < -0.4 is 14.8 Å². The molecule has 0 unspecified atom stereocenters. The van der Waals surface area contributed by atoms with E-state index in [1.807, 2.05) is 0 Å². The Balaban J connectivity index is 2.63. The van der Waals surface area contributed by atoms with Crippen LogP contribution in [0.3, 0.4) is 0 Å². The molecule has 0 aliphatic heterocycles. The highest BCUT2D eigenvalue weighted by molar-refractivity contribution is 7.89. The van der Waals surface area contributed by atoms with Crippen molar-refractivity contribution in [3.05, 3.63) is 29.5 Å². The number of ether oxygens (including phenoxy) is 1. The van der Waals surface area contributed by atoms with Gasteiger partial charge in [-0.2, -0.15) is 5.10 Å². The number of nitrogens with one attached hydrogen (secondary N) is 2. The van der Waals surface area contributed by atoms with Crippen molar-refractivity contribution in [1.82, 2.24) is 14.5 Å². The summed E-state index contributed by atoms with van der Waals surface area (Å²) in [5.41, 5.74) is 0.378. The summed E-state index contributed by atoms with van der Waals surface area (Å²) in [6.07, 6.45) is 0. The fourth-order valence-electron chi connectivity index (χ4n) is 2.82. The number of carbonyl (C=O) groups excluding carboxylic acids is 1. The molecule has 11 heteroatoms. The lowest BCUT2D eigenvalue weighted by atomic mass is 10.2. The van der Waals surface area contributed by atoms with E-state index in [4.69, 9.17) is 4.74 Å². The van der Waals surface area contributed by atoms with Crippen LogP contribution in [0, 0.1) is 12.8 Å². The number of sulfonamides is 1. The Morgan fingerprint density at radius 1 is 1.12 bits per heavy atom. The first-order chi connectivity index (χ1) is 14.7. The zero-order valence-corrected chi connectivity index (χ0v) is 20.1. The number of hydrogen-bond donors (Lipinski definition) is 3. The molecule has 176 valence electrons. The molecule has 1 heterocycles. The van der Waals surface area contributed by atoms with Gasteiger partial charge in [-0.15, -0.1) is 0 Å². The summed E-state index contributed by atoms with van der Waals surface area (Å²) in [7, 11) is -4.02.